The Bertz CT molecular complexity index is 395. The lowest BCUT2D eigenvalue weighted by Crippen LogP contribution is -2.31. The summed E-state index contributed by atoms with van der Waals surface area (Å²) in [7, 11) is 2.69. The lowest BCUT2D eigenvalue weighted by Gasteiger charge is -2.09. The zero-order chi connectivity index (χ0) is 12.8. The van der Waals surface area contributed by atoms with Gasteiger partial charge >= 0.3 is 5.97 Å². The Morgan fingerprint density at radius 2 is 2.18 bits per heavy atom. The van der Waals surface area contributed by atoms with Gasteiger partial charge in [0.1, 0.15) is 6.04 Å². The molecule has 0 saturated carbocycles. The van der Waals surface area contributed by atoms with Crippen LogP contribution in [0.15, 0.2) is 18.2 Å². The molecule has 1 unspecified atom stereocenters. The molecule has 2 N–H and O–H groups in total. The number of rotatable bonds is 5. The van der Waals surface area contributed by atoms with Gasteiger partial charge in [0.25, 0.3) is 0 Å². The van der Waals surface area contributed by atoms with Gasteiger partial charge in [0.2, 0.25) is 0 Å². The maximum atomic E-state index is 13.4. The number of benzene rings is 1. The molecular formula is C12H16FNO3. The molecule has 1 atom stereocenters. The first-order chi connectivity index (χ1) is 8.08. The fourth-order valence-electron chi connectivity index (χ4n) is 1.46. The number of hydrogen-bond donors (Lipinski definition) is 1. The summed E-state index contributed by atoms with van der Waals surface area (Å²) in [6, 6.07) is 3.99. The van der Waals surface area contributed by atoms with E-state index in [2.05, 4.69) is 4.74 Å². The Morgan fingerprint density at radius 1 is 1.47 bits per heavy atom. The van der Waals surface area contributed by atoms with Gasteiger partial charge in [0, 0.05) is 0 Å². The number of aryl methyl sites for hydroxylation is 1. The van der Waals surface area contributed by atoms with Crippen LogP contribution >= 0.6 is 0 Å². The Hall–Kier alpha value is -1.62. The zero-order valence-electron chi connectivity index (χ0n) is 9.90. The molecule has 1 aromatic rings. The standard InChI is InChI=1S/C12H16FNO3/c1-16-11-6-4-8(7-9(11)13)3-5-10(14)12(15)17-2/h4,6-7,10H,3,5,14H2,1-2H3. The maximum Gasteiger partial charge on any atom is 0.322 e. The van der Waals surface area contributed by atoms with Crippen LogP contribution in [0.3, 0.4) is 0 Å². The summed E-state index contributed by atoms with van der Waals surface area (Å²) in [6.07, 6.45) is 0.926. The van der Waals surface area contributed by atoms with E-state index >= 15 is 0 Å². The van der Waals surface area contributed by atoms with Gasteiger partial charge in [-0.05, 0) is 30.5 Å². The summed E-state index contributed by atoms with van der Waals surface area (Å²) in [5, 5.41) is 0. The summed E-state index contributed by atoms with van der Waals surface area (Å²) in [6.45, 7) is 0. The number of halogens is 1. The van der Waals surface area contributed by atoms with Crippen molar-refractivity contribution in [1.82, 2.24) is 0 Å². The predicted octanol–water partition coefficient (Wildman–Crippen LogP) is 1.27. The van der Waals surface area contributed by atoms with E-state index in [1.807, 2.05) is 0 Å². The molecule has 0 radical (unpaired) electrons. The summed E-state index contributed by atoms with van der Waals surface area (Å²) >= 11 is 0. The molecule has 94 valence electrons. The minimum Gasteiger partial charge on any atom is -0.494 e. The predicted molar refractivity (Wildman–Crippen MR) is 61.3 cm³/mol. The molecule has 17 heavy (non-hydrogen) atoms. The second kappa shape index (κ2) is 6.20. The third-order valence-electron chi connectivity index (χ3n) is 2.46. The van der Waals surface area contributed by atoms with Crippen molar-refractivity contribution in [2.45, 2.75) is 18.9 Å². The van der Waals surface area contributed by atoms with Gasteiger partial charge < -0.3 is 15.2 Å². The van der Waals surface area contributed by atoms with Gasteiger partial charge in [-0.2, -0.15) is 0 Å². The molecule has 0 aliphatic carbocycles. The largest absolute Gasteiger partial charge is 0.494 e. The van der Waals surface area contributed by atoms with E-state index in [4.69, 9.17) is 10.5 Å². The minimum absolute atomic E-state index is 0.200. The van der Waals surface area contributed by atoms with Gasteiger partial charge in [-0.25, -0.2) is 4.39 Å². The van der Waals surface area contributed by atoms with Gasteiger partial charge in [0.05, 0.1) is 14.2 Å². The van der Waals surface area contributed by atoms with E-state index in [1.54, 1.807) is 12.1 Å². The molecule has 0 fully saturated rings. The van der Waals surface area contributed by atoms with Crippen LogP contribution < -0.4 is 10.5 Å². The van der Waals surface area contributed by atoms with Crippen molar-refractivity contribution < 1.29 is 18.7 Å². The van der Waals surface area contributed by atoms with Crippen molar-refractivity contribution in [2.24, 2.45) is 5.73 Å². The maximum absolute atomic E-state index is 13.4. The number of methoxy groups -OCH3 is 2. The molecule has 0 aliphatic rings. The fourth-order valence-corrected chi connectivity index (χ4v) is 1.46. The third kappa shape index (κ3) is 3.71. The van der Waals surface area contributed by atoms with Crippen LogP contribution in [0, 0.1) is 5.82 Å². The first-order valence-corrected chi connectivity index (χ1v) is 5.24. The van der Waals surface area contributed by atoms with Crippen molar-refractivity contribution in [1.29, 1.82) is 0 Å². The average Bonchev–Trinajstić information content (AvgIpc) is 2.35. The Labute approximate surface area is 99.5 Å². The molecule has 1 rings (SSSR count). The molecule has 4 nitrogen and oxygen atoms in total. The van der Waals surface area contributed by atoms with Crippen LogP contribution in [-0.4, -0.2) is 26.2 Å². The van der Waals surface area contributed by atoms with Crippen molar-refractivity contribution in [3.05, 3.63) is 29.6 Å². The highest BCUT2D eigenvalue weighted by Crippen LogP contribution is 2.18. The Morgan fingerprint density at radius 3 is 2.71 bits per heavy atom. The topological polar surface area (TPSA) is 61.5 Å². The summed E-state index contributed by atoms with van der Waals surface area (Å²) in [4.78, 5) is 11.1. The number of ether oxygens (including phenoxy) is 2. The van der Waals surface area contributed by atoms with Crippen molar-refractivity contribution >= 4 is 5.97 Å². The molecule has 0 spiro atoms. The van der Waals surface area contributed by atoms with E-state index in [0.717, 1.165) is 5.56 Å². The smallest absolute Gasteiger partial charge is 0.322 e. The summed E-state index contributed by atoms with van der Waals surface area (Å²) in [5.74, 6) is -0.679. The van der Waals surface area contributed by atoms with Crippen LogP contribution in [-0.2, 0) is 16.0 Å². The minimum atomic E-state index is -0.676. The van der Waals surface area contributed by atoms with E-state index < -0.39 is 17.8 Å². The normalized spacial score (nSPS) is 12.0. The number of esters is 1. The third-order valence-corrected chi connectivity index (χ3v) is 2.46. The quantitative estimate of drug-likeness (QED) is 0.788. The van der Waals surface area contributed by atoms with Gasteiger partial charge in [-0.1, -0.05) is 6.07 Å². The molecule has 0 aliphatic heterocycles. The molecule has 0 aromatic heterocycles. The monoisotopic (exact) mass is 241 g/mol. The highest BCUT2D eigenvalue weighted by molar-refractivity contribution is 5.75. The first kappa shape index (κ1) is 13.4. The van der Waals surface area contributed by atoms with Crippen molar-refractivity contribution in [3.63, 3.8) is 0 Å². The second-order valence-corrected chi connectivity index (χ2v) is 3.64. The average molecular weight is 241 g/mol. The van der Waals surface area contributed by atoms with E-state index in [9.17, 15) is 9.18 Å². The Kier molecular flexibility index (Phi) is 4.90. The van der Waals surface area contributed by atoms with E-state index in [1.165, 1.54) is 20.3 Å². The lowest BCUT2D eigenvalue weighted by molar-refractivity contribution is -0.142. The SMILES string of the molecule is COC(=O)C(N)CCc1ccc(OC)c(F)c1. The van der Waals surface area contributed by atoms with E-state index in [-0.39, 0.29) is 5.75 Å². The molecule has 0 amide bonds. The lowest BCUT2D eigenvalue weighted by atomic mass is 10.1. The molecule has 0 saturated heterocycles. The molecule has 1 aromatic carbocycles. The number of carbonyl (C=O) groups is 1. The summed E-state index contributed by atoms with van der Waals surface area (Å²) in [5.41, 5.74) is 6.34. The van der Waals surface area contributed by atoms with Crippen molar-refractivity contribution in [2.75, 3.05) is 14.2 Å². The van der Waals surface area contributed by atoms with Crippen LogP contribution in [0.2, 0.25) is 0 Å². The highest BCUT2D eigenvalue weighted by Gasteiger charge is 2.13. The molecular weight excluding hydrogens is 225 g/mol. The highest BCUT2D eigenvalue weighted by atomic mass is 19.1. The van der Waals surface area contributed by atoms with Crippen LogP contribution in [0.25, 0.3) is 0 Å². The van der Waals surface area contributed by atoms with Gasteiger partial charge in [-0.3, -0.25) is 4.79 Å². The van der Waals surface area contributed by atoms with Crippen LogP contribution in [0.1, 0.15) is 12.0 Å². The van der Waals surface area contributed by atoms with E-state index in [0.29, 0.717) is 12.8 Å². The van der Waals surface area contributed by atoms with Crippen LogP contribution in [0.5, 0.6) is 5.75 Å². The van der Waals surface area contributed by atoms with Gasteiger partial charge in [-0.15, -0.1) is 0 Å². The molecule has 5 heteroatoms. The summed E-state index contributed by atoms with van der Waals surface area (Å²) < 4.78 is 22.7. The van der Waals surface area contributed by atoms with Crippen molar-refractivity contribution in [3.8, 4) is 5.75 Å². The molecule has 0 bridgehead atoms. The number of hydrogen-bond acceptors (Lipinski definition) is 4. The fraction of sp³-hybridized carbons (Fsp3) is 0.417. The second-order valence-electron chi connectivity index (χ2n) is 3.64. The zero-order valence-corrected chi connectivity index (χ0v) is 9.90. The van der Waals surface area contributed by atoms with Crippen LogP contribution in [0.4, 0.5) is 4.39 Å². The Balaban J connectivity index is 2.58. The van der Waals surface area contributed by atoms with Gasteiger partial charge in [0.15, 0.2) is 11.6 Å². The number of carbonyl (C=O) groups excluding carboxylic acids is 1. The number of nitrogens with two attached hydrogens (primary N) is 1. The molecule has 0 heterocycles. The first-order valence-electron chi connectivity index (χ1n) is 5.24.